The van der Waals surface area contributed by atoms with Gasteiger partial charge in [-0.3, -0.25) is 0 Å². The number of rotatable bonds is 15. The maximum absolute atomic E-state index is 2.41. The molecule has 0 unspecified atom stereocenters. The number of hydrogen-bond acceptors (Lipinski definition) is 0. The van der Waals surface area contributed by atoms with Gasteiger partial charge in [0.2, 0.25) is 0 Å². The van der Waals surface area contributed by atoms with E-state index in [0.717, 1.165) is 0 Å². The molecule has 0 fully saturated rings. The van der Waals surface area contributed by atoms with E-state index in [2.05, 4.69) is 32.4 Å². The summed E-state index contributed by atoms with van der Waals surface area (Å²) in [5.41, 5.74) is 0. The Hall–Kier alpha value is -0.260. The first kappa shape index (κ1) is 18.7. The molecule has 0 N–H and O–H groups in total. The number of unbranched alkanes of at least 4 members (excludes halogenated alkanes) is 13. The molecule has 0 saturated heterocycles. The highest BCUT2D eigenvalue weighted by molar-refractivity contribution is 4.81. The zero-order chi connectivity index (χ0) is 14.0. The molecule has 0 aromatic rings. The van der Waals surface area contributed by atoms with Crippen LogP contribution in [-0.2, 0) is 0 Å². The Kier molecular flexibility index (Phi) is 17.5. The molecule has 19 heavy (non-hydrogen) atoms. The van der Waals surface area contributed by atoms with Crippen LogP contribution in [-0.4, -0.2) is 0 Å². The second kappa shape index (κ2) is 17.7. The summed E-state index contributed by atoms with van der Waals surface area (Å²) in [4.78, 5) is 0. The average molecular weight is 266 g/mol. The van der Waals surface area contributed by atoms with Crippen molar-refractivity contribution >= 4 is 0 Å². The third-order valence-electron chi connectivity index (χ3n) is 3.75. The van der Waals surface area contributed by atoms with Gasteiger partial charge in [-0.05, 0) is 32.1 Å². The molecular weight excluding hydrogens is 228 g/mol. The third kappa shape index (κ3) is 17.7. The highest BCUT2D eigenvalue weighted by Gasteiger charge is 1.90. The molecule has 0 aliphatic heterocycles. The predicted molar refractivity (Wildman–Crippen MR) is 89.4 cm³/mol. The van der Waals surface area contributed by atoms with Crippen molar-refractivity contribution in [1.82, 2.24) is 0 Å². The molecule has 0 heterocycles. The van der Waals surface area contributed by atoms with Gasteiger partial charge in [-0.1, -0.05) is 90.2 Å². The van der Waals surface area contributed by atoms with Gasteiger partial charge in [0.15, 0.2) is 0 Å². The van der Waals surface area contributed by atoms with Crippen LogP contribution in [0.5, 0.6) is 0 Å². The van der Waals surface area contributed by atoms with Gasteiger partial charge in [0.1, 0.15) is 0 Å². The summed E-state index contributed by atoms with van der Waals surface area (Å²) < 4.78 is 0. The van der Waals surface area contributed by atoms with Crippen LogP contribution in [0, 0.1) is 6.42 Å². The van der Waals surface area contributed by atoms with E-state index in [9.17, 15) is 0 Å². The van der Waals surface area contributed by atoms with Crippen LogP contribution in [0.15, 0.2) is 12.2 Å². The lowest BCUT2D eigenvalue weighted by Gasteiger charge is -1.99. The summed E-state index contributed by atoms with van der Waals surface area (Å²) in [7, 11) is 0. The van der Waals surface area contributed by atoms with Gasteiger partial charge < -0.3 is 0 Å². The quantitative estimate of drug-likeness (QED) is 0.216. The van der Waals surface area contributed by atoms with Crippen LogP contribution in [0.3, 0.4) is 0 Å². The summed E-state index contributed by atoms with van der Waals surface area (Å²) in [6.07, 6.45) is 26.6. The maximum Gasteiger partial charge on any atom is -0.0351 e. The standard InChI is InChI=1S/C19H37/c1-3-5-7-9-11-13-15-17-19-18-16-14-12-10-8-6-4-2/h3,18-19H,4-17H2,1-2H3/b19-18+. The summed E-state index contributed by atoms with van der Waals surface area (Å²) in [6.45, 7) is 4.44. The molecule has 0 aromatic heterocycles. The van der Waals surface area contributed by atoms with E-state index in [4.69, 9.17) is 0 Å². The molecule has 0 bridgehead atoms. The summed E-state index contributed by atoms with van der Waals surface area (Å²) in [5.74, 6) is 0. The molecule has 0 rings (SSSR count). The van der Waals surface area contributed by atoms with Crippen LogP contribution in [0.4, 0.5) is 0 Å². The van der Waals surface area contributed by atoms with Crippen LogP contribution in [0.25, 0.3) is 0 Å². The Morgan fingerprint density at radius 2 is 0.947 bits per heavy atom. The summed E-state index contributed by atoms with van der Waals surface area (Å²) in [6, 6.07) is 0. The zero-order valence-corrected chi connectivity index (χ0v) is 13.6. The number of allylic oxidation sites excluding steroid dienone is 2. The minimum absolute atomic E-state index is 1.30. The molecule has 0 nitrogen and oxygen atoms in total. The van der Waals surface area contributed by atoms with E-state index in [1.807, 2.05) is 0 Å². The van der Waals surface area contributed by atoms with Crippen LogP contribution in [0.2, 0.25) is 0 Å². The van der Waals surface area contributed by atoms with Crippen molar-refractivity contribution in [2.75, 3.05) is 0 Å². The Morgan fingerprint density at radius 3 is 1.42 bits per heavy atom. The van der Waals surface area contributed by atoms with Gasteiger partial charge in [-0.15, -0.1) is 0 Å². The fraction of sp³-hybridized carbons (Fsp3) is 0.842. The monoisotopic (exact) mass is 265 g/mol. The first-order valence-electron chi connectivity index (χ1n) is 8.84. The molecule has 1 radical (unpaired) electrons. The van der Waals surface area contributed by atoms with Crippen molar-refractivity contribution in [2.45, 2.75) is 104 Å². The highest BCUT2D eigenvalue weighted by atomic mass is 14.0. The van der Waals surface area contributed by atoms with Gasteiger partial charge in [-0.2, -0.15) is 0 Å². The van der Waals surface area contributed by atoms with Gasteiger partial charge in [-0.25, -0.2) is 0 Å². The Bertz CT molecular complexity index is 169. The maximum atomic E-state index is 2.41. The first-order valence-corrected chi connectivity index (χ1v) is 8.84. The van der Waals surface area contributed by atoms with Crippen molar-refractivity contribution < 1.29 is 0 Å². The van der Waals surface area contributed by atoms with Crippen molar-refractivity contribution in [1.29, 1.82) is 0 Å². The third-order valence-corrected chi connectivity index (χ3v) is 3.75. The zero-order valence-electron chi connectivity index (χ0n) is 13.6. The minimum Gasteiger partial charge on any atom is -0.0885 e. The highest BCUT2D eigenvalue weighted by Crippen LogP contribution is 2.10. The molecule has 0 spiro atoms. The van der Waals surface area contributed by atoms with Gasteiger partial charge in [0.25, 0.3) is 0 Å². The summed E-state index contributed by atoms with van der Waals surface area (Å²) in [5, 5.41) is 0. The van der Waals surface area contributed by atoms with E-state index in [0.29, 0.717) is 0 Å². The predicted octanol–water partition coefficient (Wildman–Crippen LogP) is 7.25. The second-order valence-corrected chi connectivity index (χ2v) is 5.78. The molecule has 0 saturated carbocycles. The molecule has 0 heteroatoms. The fourth-order valence-electron chi connectivity index (χ4n) is 2.42. The lowest BCUT2D eigenvalue weighted by molar-refractivity contribution is 0.608. The lowest BCUT2D eigenvalue weighted by Crippen LogP contribution is -1.79. The average Bonchev–Trinajstić information content (AvgIpc) is 2.43. The molecule has 0 atom stereocenters. The minimum atomic E-state index is 1.30. The van der Waals surface area contributed by atoms with Crippen LogP contribution in [0.1, 0.15) is 104 Å². The van der Waals surface area contributed by atoms with Crippen molar-refractivity contribution in [3.05, 3.63) is 18.6 Å². The Labute approximate surface area is 123 Å². The van der Waals surface area contributed by atoms with E-state index in [1.54, 1.807) is 0 Å². The topological polar surface area (TPSA) is 0 Å². The largest absolute Gasteiger partial charge is 0.0885 e. The molecular formula is C19H37. The second-order valence-electron chi connectivity index (χ2n) is 5.78. The van der Waals surface area contributed by atoms with E-state index in [1.165, 1.54) is 89.9 Å². The van der Waals surface area contributed by atoms with Crippen molar-refractivity contribution in [3.8, 4) is 0 Å². The van der Waals surface area contributed by atoms with Crippen LogP contribution >= 0.6 is 0 Å². The van der Waals surface area contributed by atoms with Crippen molar-refractivity contribution in [2.24, 2.45) is 0 Å². The molecule has 113 valence electrons. The van der Waals surface area contributed by atoms with E-state index >= 15 is 0 Å². The smallest absolute Gasteiger partial charge is 0.0351 e. The van der Waals surface area contributed by atoms with E-state index in [-0.39, 0.29) is 0 Å². The van der Waals surface area contributed by atoms with Gasteiger partial charge >= 0.3 is 0 Å². The summed E-state index contributed by atoms with van der Waals surface area (Å²) >= 11 is 0. The number of hydrogen-bond donors (Lipinski definition) is 0. The Balaban J connectivity index is 3.01. The van der Waals surface area contributed by atoms with Crippen molar-refractivity contribution in [3.63, 3.8) is 0 Å². The van der Waals surface area contributed by atoms with Gasteiger partial charge in [0.05, 0.1) is 0 Å². The van der Waals surface area contributed by atoms with Crippen LogP contribution < -0.4 is 0 Å². The van der Waals surface area contributed by atoms with E-state index < -0.39 is 0 Å². The molecule has 0 aliphatic carbocycles. The Morgan fingerprint density at radius 1 is 0.526 bits per heavy atom. The molecule has 0 aromatic carbocycles. The molecule has 0 amide bonds. The first-order chi connectivity index (χ1) is 9.41. The normalized spacial score (nSPS) is 11.5. The fourth-order valence-corrected chi connectivity index (χ4v) is 2.42. The molecule has 0 aliphatic rings. The van der Waals surface area contributed by atoms with Gasteiger partial charge in [0, 0.05) is 0 Å². The SMILES string of the molecule is C[CH]CCCCCCC/C=C/CCCCCCCC. The lowest BCUT2D eigenvalue weighted by atomic mass is 10.1.